The topological polar surface area (TPSA) is 46.9 Å². The van der Waals surface area contributed by atoms with E-state index in [4.69, 9.17) is 11.6 Å². The molecule has 1 heterocycles. The molecule has 0 amide bonds. The summed E-state index contributed by atoms with van der Waals surface area (Å²) in [6.07, 6.45) is 4.05. The second-order valence-corrected chi connectivity index (χ2v) is 5.22. The Morgan fingerprint density at radius 3 is 2.68 bits per heavy atom. The van der Waals surface area contributed by atoms with Gasteiger partial charge in [0.2, 0.25) is 0 Å². The van der Waals surface area contributed by atoms with Crippen LogP contribution in [0.1, 0.15) is 18.4 Å². The van der Waals surface area contributed by atoms with E-state index in [0.717, 1.165) is 11.3 Å². The number of aromatic nitrogens is 2. The van der Waals surface area contributed by atoms with Crippen LogP contribution in [0, 0.1) is 0 Å². The Bertz CT molecular complexity index is 632. The Kier molecular flexibility index (Phi) is 3.25. The van der Waals surface area contributed by atoms with E-state index in [0.29, 0.717) is 17.6 Å². The molecule has 1 saturated carbocycles. The Morgan fingerprint density at radius 1 is 1.32 bits per heavy atom. The molecule has 5 heteroatoms. The zero-order valence-corrected chi connectivity index (χ0v) is 11.1. The summed E-state index contributed by atoms with van der Waals surface area (Å²) in [5.41, 5.74) is 1.71. The van der Waals surface area contributed by atoms with Gasteiger partial charge in [0.1, 0.15) is 0 Å². The summed E-state index contributed by atoms with van der Waals surface area (Å²) >= 11 is 5.83. The highest BCUT2D eigenvalue weighted by atomic mass is 35.5. The third kappa shape index (κ3) is 3.15. The van der Waals surface area contributed by atoms with Gasteiger partial charge in [-0.3, -0.25) is 4.79 Å². The van der Waals surface area contributed by atoms with E-state index in [2.05, 4.69) is 10.4 Å². The molecule has 0 radical (unpaired) electrons. The zero-order chi connectivity index (χ0) is 13.2. The number of anilines is 1. The first-order valence-electron chi connectivity index (χ1n) is 6.29. The molecule has 0 atom stereocenters. The van der Waals surface area contributed by atoms with E-state index in [9.17, 15) is 4.79 Å². The molecular formula is C14H14ClN3O. The van der Waals surface area contributed by atoms with E-state index in [1.54, 1.807) is 12.3 Å². The van der Waals surface area contributed by atoms with Gasteiger partial charge in [0.25, 0.3) is 5.56 Å². The number of halogens is 1. The van der Waals surface area contributed by atoms with E-state index < -0.39 is 0 Å². The van der Waals surface area contributed by atoms with Gasteiger partial charge in [-0.1, -0.05) is 23.7 Å². The third-order valence-corrected chi connectivity index (χ3v) is 3.32. The van der Waals surface area contributed by atoms with Crippen molar-refractivity contribution in [1.29, 1.82) is 0 Å². The minimum atomic E-state index is -0.0967. The third-order valence-electron chi connectivity index (χ3n) is 3.06. The van der Waals surface area contributed by atoms with E-state index in [1.165, 1.54) is 17.5 Å². The standard InChI is InChI=1S/C14H14ClN3O/c15-11-3-1-10(2-4-11)9-18-14(19)7-13(8-16-18)17-12-5-6-12/h1-4,7-8,12,17H,5-6,9H2. The number of hydrogen-bond acceptors (Lipinski definition) is 3. The van der Waals surface area contributed by atoms with Crippen molar-refractivity contribution in [3.8, 4) is 0 Å². The zero-order valence-electron chi connectivity index (χ0n) is 10.3. The number of rotatable bonds is 4. The first-order valence-corrected chi connectivity index (χ1v) is 6.67. The van der Waals surface area contributed by atoms with Gasteiger partial charge in [-0.05, 0) is 30.5 Å². The average molecular weight is 276 g/mol. The van der Waals surface area contributed by atoms with Crippen molar-refractivity contribution in [2.75, 3.05) is 5.32 Å². The summed E-state index contributed by atoms with van der Waals surface area (Å²) in [6.45, 7) is 0.458. The lowest BCUT2D eigenvalue weighted by atomic mass is 10.2. The molecule has 1 aromatic heterocycles. The van der Waals surface area contributed by atoms with Crippen molar-refractivity contribution in [2.24, 2.45) is 0 Å². The van der Waals surface area contributed by atoms with Crippen LogP contribution in [0.2, 0.25) is 5.02 Å². The van der Waals surface area contributed by atoms with Crippen molar-refractivity contribution < 1.29 is 0 Å². The van der Waals surface area contributed by atoms with Gasteiger partial charge in [-0.15, -0.1) is 0 Å². The molecule has 1 aliphatic rings. The largest absolute Gasteiger partial charge is 0.381 e. The molecule has 19 heavy (non-hydrogen) atoms. The first kappa shape index (κ1) is 12.2. The highest BCUT2D eigenvalue weighted by molar-refractivity contribution is 6.30. The van der Waals surface area contributed by atoms with Crippen LogP contribution >= 0.6 is 11.6 Å². The molecule has 1 N–H and O–H groups in total. The molecule has 0 spiro atoms. The molecule has 0 saturated heterocycles. The summed E-state index contributed by atoms with van der Waals surface area (Å²) in [6, 6.07) is 9.53. The highest BCUT2D eigenvalue weighted by Crippen LogP contribution is 2.23. The minimum absolute atomic E-state index is 0.0967. The molecule has 1 fully saturated rings. The maximum Gasteiger partial charge on any atom is 0.269 e. The molecular weight excluding hydrogens is 262 g/mol. The Morgan fingerprint density at radius 2 is 2.05 bits per heavy atom. The monoisotopic (exact) mass is 275 g/mol. The number of nitrogens with zero attached hydrogens (tertiary/aromatic N) is 2. The van der Waals surface area contributed by atoms with Gasteiger partial charge in [0, 0.05) is 17.1 Å². The molecule has 0 aliphatic heterocycles. The molecule has 1 aromatic carbocycles. The number of benzene rings is 1. The molecule has 1 aliphatic carbocycles. The smallest absolute Gasteiger partial charge is 0.269 e. The van der Waals surface area contributed by atoms with Crippen LogP contribution in [0.3, 0.4) is 0 Å². The summed E-state index contributed by atoms with van der Waals surface area (Å²) in [7, 11) is 0. The van der Waals surface area contributed by atoms with Crippen molar-refractivity contribution in [3.05, 3.63) is 57.5 Å². The summed E-state index contributed by atoms with van der Waals surface area (Å²) in [5, 5.41) is 8.14. The highest BCUT2D eigenvalue weighted by Gasteiger charge is 2.21. The van der Waals surface area contributed by atoms with Crippen molar-refractivity contribution in [3.63, 3.8) is 0 Å². The fraction of sp³-hybridized carbons (Fsp3) is 0.286. The Labute approximate surface area is 116 Å². The molecule has 0 bridgehead atoms. The number of nitrogens with one attached hydrogen (secondary N) is 1. The normalized spacial score (nSPS) is 14.4. The molecule has 2 aromatic rings. The first-order chi connectivity index (χ1) is 9.20. The van der Waals surface area contributed by atoms with Crippen LogP contribution in [0.4, 0.5) is 5.69 Å². The summed E-state index contributed by atoms with van der Waals surface area (Å²) < 4.78 is 1.45. The van der Waals surface area contributed by atoms with Gasteiger partial charge in [-0.25, -0.2) is 4.68 Å². The van der Waals surface area contributed by atoms with Gasteiger partial charge < -0.3 is 5.32 Å². The van der Waals surface area contributed by atoms with Crippen LogP contribution in [0.15, 0.2) is 41.3 Å². The lowest BCUT2D eigenvalue weighted by Gasteiger charge is -2.07. The number of hydrogen-bond donors (Lipinski definition) is 1. The lowest BCUT2D eigenvalue weighted by molar-refractivity contribution is 0.639. The molecule has 0 unspecified atom stereocenters. The minimum Gasteiger partial charge on any atom is -0.381 e. The molecule has 3 rings (SSSR count). The second kappa shape index (κ2) is 5.05. The van der Waals surface area contributed by atoms with E-state index in [-0.39, 0.29) is 5.56 Å². The predicted molar refractivity (Wildman–Crippen MR) is 75.7 cm³/mol. The fourth-order valence-corrected chi connectivity index (χ4v) is 1.98. The van der Waals surface area contributed by atoms with E-state index >= 15 is 0 Å². The molecule has 98 valence electrons. The molecule has 4 nitrogen and oxygen atoms in total. The average Bonchev–Trinajstić information content (AvgIpc) is 3.19. The van der Waals surface area contributed by atoms with E-state index in [1.807, 2.05) is 24.3 Å². The lowest BCUT2D eigenvalue weighted by Crippen LogP contribution is -2.23. The van der Waals surface area contributed by atoms with Gasteiger partial charge in [-0.2, -0.15) is 5.10 Å². The van der Waals surface area contributed by atoms with Gasteiger partial charge in [0.15, 0.2) is 0 Å². The van der Waals surface area contributed by atoms with Crippen molar-refractivity contribution in [2.45, 2.75) is 25.4 Å². The Balaban J connectivity index is 1.76. The maximum atomic E-state index is 11.9. The Hall–Kier alpha value is -1.81. The summed E-state index contributed by atoms with van der Waals surface area (Å²) in [5.74, 6) is 0. The van der Waals surface area contributed by atoms with Gasteiger partial charge >= 0.3 is 0 Å². The summed E-state index contributed by atoms with van der Waals surface area (Å²) in [4.78, 5) is 11.9. The van der Waals surface area contributed by atoms with Gasteiger partial charge in [0.05, 0.1) is 18.4 Å². The van der Waals surface area contributed by atoms with Crippen molar-refractivity contribution in [1.82, 2.24) is 9.78 Å². The van der Waals surface area contributed by atoms with Crippen molar-refractivity contribution >= 4 is 17.3 Å². The van der Waals surface area contributed by atoms with Crippen LogP contribution in [-0.4, -0.2) is 15.8 Å². The van der Waals surface area contributed by atoms with Crippen LogP contribution in [-0.2, 0) is 6.54 Å². The quantitative estimate of drug-likeness (QED) is 0.933. The SMILES string of the molecule is O=c1cc(NC2CC2)cnn1Cc1ccc(Cl)cc1. The second-order valence-electron chi connectivity index (χ2n) is 4.79. The fourth-order valence-electron chi connectivity index (χ4n) is 1.86. The van der Waals surface area contributed by atoms with Crippen LogP contribution < -0.4 is 10.9 Å². The van der Waals surface area contributed by atoms with Crippen LogP contribution in [0.25, 0.3) is 0 Å². The predicted octanol–water partition coefficient (Wildman–Crippen LogP) is 2.52. The van der Waals surface area contributed by atoms with Crippen LogP contribution in [0.5, 0.6) is 0 Å². The maximum absolute atomic E-state index is 11.9.